The van der Waals surface area contributed by atoms with Crippen LogP contribution in [-0.2, 0) is 4.79 Å². The van der Waals surface area contributed by atoms with Crippen LogP contribution < -0.4 is 11.1 Å². The summed E-state index contributed by atoms with van der Waals surface area (Å²) in [5, 5.41) is 3.16. The van der Waals surface area contributed by atoms with Gasteiger partial charge in [-0.1, -0.05) is 45.4 Å². The van der Waals surface area contributed by atoms with Gasteiger partial charge in [-0.3, -0.25) is 4.79 Å². The van der Waals surface area contributed by atoms with E-state index in [0.717, 1.165) is 25.3 Å². The molecule has 3 unspecified atom stereocenters. The number of hydrogen-bond donors (Lipinski definition) is 2. The molecule has 0 heterocycles. The van der Waals surface area contributed by atoms with Gasteiger partial charge in [-0.2, -0.15) is 0 Å². The Kier molecular flexibility index (Phi) is 6.34. The summed E-state index contributed by atoms with van der Waals surface area (Å²) >= 11 is 0. The molecule has 0 aromatic rings. The highest BCUT2D eigenvalue weighted by Gasteiger charge is 2.28. The minimum absolute atomic E-state index is 0.132. The van der Waals surface area contributed by atoms with Gasteiger partial charge >= 0.3 is 0 Å². The molecule has 3 heteroatoms. The monoisotopic (exact) mass is 280 g/mol. The maximum Gasteiger partial charge on any atom is 0.223 e. The van der Waals surface area contributed by atoms with E-state index >= 15 is 0 Å². The third-order valence-corrected chi connectivity index (χ3v) is 5.45. The van der Waals surface area contributed by atoms with Crippen molar-refractivity contribution in [2.45, 2.75) is 77.2 Å². The van der Waals surface area contributed by atoms with E-state index in [4.69, 9.17) is 5.73 Å². The van der Waals surface area contributed by atoms with Crippen molar-refractivity contribution in [2.24, 2.45) is 23.5 Å². The predicted molar refractivity (Wildman–Crippen MR) is 83.3 cm³/mol. The molecule has 0 aromatic carbocycles. The number of hydrogen-bond acceptors (Lipinski definition) is 2. The molecule has 3 nitrogen and oxygen atoms in total. The highest BCUT2D eigenvalue weighted by atomic mass is 16.1. The Labute approximate surface area is 124 Å². The van der Waals surface area contributed by atoms with Gasteiger partial charge in [-0.15, -0.1) is 0 Å². The minimum Gasteiger partial charge on any atom is -0.356 e. The van der Waals surface area contributed by atoms with Crippen LogP contribution in [-0.4, -0.2) is 18.5 Å². The van der Waals surface area contributed by atoms with Crippen molar-refractivity contribution < 1.29 is 4.79 Å². The van der Waals surface area contributed by atoms with Crippen molar-refractivity contribution in [1.29, 1.82) is 0 Å². The van der Waals surface area contributed by atoms with Gasteiger partial charge in [0.05, 0.1) is 0 Å². The first-order valence-electron chi connectivity index (χ1n) is 8.70. The Bertz CT molecular complexity index is 299. The van der Waals surface area contributed by atoms with Crippen LogP contribution in [0, 0.1) is 17.8 Å². The lowest BCUT2D eigenvalue weighted by Crippen LogP contribution is -2.38. The predicted octanol–water partition coefficient (Wildman–Crippen LogP) is 3.23. The number of carbonyl (C=O) groups is 1. The second-order valence-corrected chi connectivity index (χ2v) is 7.06. The summed E-state index contributed by atoms with van der Waals surface area (Å²) in [7, 11) is 0. The van der Waals surface area contributed by atoms with Crippen LogP contribution in [0.2, 0.25) is 0 Å². The number of rotatable bonds is 5. The van der Waals surface area contributed by atoms with Crippen molar-refractivity contribution in [3.05, 3.63) is 0 Å². The van der Waals surface area contributed by atoms with Crippen molar-refractivity contribution in [3.8, 4) is 0 Å². The molecule has 0 radical (unpaired) electrons. The van der Waals surface area contributed by atoms with Crippen LogP contribution in [0.3, 0.4) is 0 Å². The van der Waals surface area contributed by atoms with Crippen molar-refractivity contribution in [2.75, 3.05) is 6.54 Å². The van der Waals surface area contributed by atoms with Gasteiger partial charge in [-0.25, -0.2) is 0 Å². The maximum absolute atomic E-state index is 12.2. The fraction of sp³-hybridized carbons (Fsp3) is 0.941. The molecule has 1 amide bonds. The SMILES string of the molecule is CC(C(=O)NCCC1CCCCC1)C1CCCC(N)C1. The van der Waals surface area contributed by atoms with Gasteiger partial charge < -0.3 is 11.1 Å². The van der Waals surface area contributed by atoms with Crippen LogP contribution in [0.5, 0.6) is 0 Å². The Morgan fingerprint density at radius 3 is 2.60 bits per heavy atom. The highest BCUT2D eigenvalue weighted by molar-refractivity contribution is 5.78. The fourth-order valence-corrected chi connectivity index (χ4v) is 3.97. The highest BCUT2D eigenvalue weighted by Crippen LogP contribution is 2.29. The summed E-state index contributed by atoms with van der Waals surface area (Å²) in [6.45, 7) is 2.95. The fourth-order valence-electron chi connectivity index (χ4n) is 3.97. The Hall–Kier alpha value is -0.570. The van der Waals surface area contributed by atoms with E-state index in [-0.39, 0.29) is 11.8 Å². The van der Waals surface area contributed by atoms with E-state index in [0.29, 0.717) is 12.0 Å². The largest absolute Gasteiger partial charge is 0.356 e. The average Bonchev–Trinajstić information content (AvgIpc) is 2.47. The van der Waals surface area contributed by atoms with Crippen LogP contribution in [0.25, 0.3) is 0 Å². The molecule has 0 aliphatic heterocycles. The molecule has 3 N–H and O–H groups in total. The van der Waals surface area contributed by atoms with Gasteiger partial charge in [0, 0.05) is 18.5 Å². The normalized spacial score (nSPS) is 29.9. The van der Waals surface area contributed by atoms with E-state index < -0.39 is 0 Å². The third-order valence-electron chi connectivity index (χ3n) is 5.45. The molecular weight excluding hydrogens is 248 g/mol. The van der Waals surface area contributed by atoms with E-state index in [1.54, 1.807) is 0 Å². The molecule has 3 atom stereocenters. The van der Waals surface area contributed by atoms with Crippen molar-refractivity contribution in [1.82, 2.24) is 5.32 Å². The van der Waals surface area contributed by atoms with Gasteiger partial charge in [0.15, 0.2) is 0 Å². The lowest BCUT2D eigenvalue weighted by molar-refractivity contribution is -0.126. The zero-order chi connectivity index (χ0) is 14.4. The summed E-state index contributed by atoms with van der Waals surface area (Å²) in [6.07, 6.45) is 12.6. The molecule has 20 heavy (non-hydrogen) atoms. The number of nitrogens with one attached hydrogen (secondary N) is 1. The van der Waals surface area contributed by atoms with E-state index in [2.05, 4.69) is 12.2 Å². The third kappa shape index (κ3) is 4.76. The smallest absolute Gasteiger partial charge is 0.223 e. The van der Waals surface area contributed by atoms with Gasteiger partial charge in [0.2, 0.25) is 5.91 Å². The van der Waals surface area contributed by atoms with E-state index in [9.17, 15) is 4.79 Å². The molecule has 0 saturated heterocycles. The summed E-state index contributed by atoms with van der Waals surface area (Å²) in [6, 6.07) is 0.311. The Morgan fingerprint density at radius 2 is 1.90 bits per heavy atom. The van der Waals surface area contributed by atoms with Crippen LogP contribution in [0.1, 0.15) is 71.1 Å². The second-order valence-electron chi connectivity index (χ2n) is 7.06. The first kappa shape index (κ1) is 15.8. The average molecular weight is 280 g/mol. The molecule has 116 valence electrons. The first-order chi connectivity index (χ1) is 9.66. The van der Waals surface area contributed by atoms with E-state index in [1.165, 1.54) is 51.4 Å². The molecule has 2 saturated carbocycles. The van der Waals surface area contributed by atoms with Gasteiger partial charge in [-0.05, 0) is 37.5 Å². The number of amides is 1. The van der Waals surface area contributed by atoms with Crippen LogP contribution >= 0.6 is 0 Å². The first-order valence-corrected chi connectivity index (χ1v) is 8.70. The molecule has 0 bridgehead atoms. The summed E-state index contributed by atoms with van der Waals surface area (Å²) in [5.41, 5.74) is 6.03. The topological polar surface area (TPSA) is 55.1 Å². The number of carbonyl (C=O) groups excluding carboxylic acids is 1. The summed E-state index contributed by atoms with van der Waals surface area (Å²) in [4.78, 5) is 12.2. The maximum atomic E-state index is 12.2. The minimum atomic E-state index is 0.132. The molecule has 2 rings (SSSR count). The Balaban J connectivity index is 1.65. The Morgan fingerprint density at radius 1 is 1.15 bits per heavy atom. The molecule has 2 fully saturated rings. The summed E-state index contributed by atoms with van der Waals surface area (Å²) in [5.74, 6) is 1.73. The van der Waals surface area contributed by atoms with Crippen molar-refractivity contribution in [3.63, 3.8) is 0 Å². The van der Waals surface area contributed by atoms with Gasteiger partial charge in [0.1, 0.15) is 0 Å². The zero-order valence-corrected chi connectivity index (χ0v) is 13.1. The summed E-state index contributed by atoms with van der Waals surface area (Å²) < 4.78 is 0. The van der Waals surface area contributed by atoms with Gasteiger partial charge in [0.25, 0.3) is 0 Å². The molecule has 0 spiro atoms. The molecule has 2 aliphatic carbocycles. The second kappa shape index (κ2) is 8.02. The van der Waals surface area contributed by atoms with Crippen molar-refractivity contribution >= 4 is 5.91 Å². The van der Waals surface area contributed by atoms with Crippen LogP contribution in [0.4, 0.5) is 0 Å². The number of nitrogens with two attached hydrogens (primary N) is 1. The van der Waals surface area contributed by atoms with E-state index in [1.807, 2.05) is 0 Å². The standard InChI is InChI=1S/C17H32N2O/c1-13(15-8-5-9-16(18)12-15)17(20)19-11-10-14-6-3-2-4-7-14/h13-16H,2-12,18H2,1H3,(H,19,20). The zero-order valence-electron chi connectivity index (χ0n) is 13.1. The molecule has 2 aliphatic rings. The molecule has 0 aromatic heterocycles. The quantitative estimate of drug-likeness (QED) is 0.812. The lowest BCUT2D eigenvalue weighted by atomic mass is 9.78. The lowest BCUT2D eigenvalue weighted by Gasteiger charge is -2.30. The molecular formula is C17H32N2O. The van der Waals surface area contributed by atoms with Crippen LogP contribution in [0.15, 0.2) is 0 Å².